The van der Waals surface area contributed by atoms with E-state index in [0.717, 1.165) is 29.8 Å². The van der Waals surface area contributed by atoms with Crippen LogP contribution in [0.2, 0.25) is 0 Å². The predicted molar refractivity (Wildman–Crippen MR) is 129 cm³/mol. The average Bonchev–Trinajstić information content (AvgIpc) is 3.53. The average molecular weight is 481 g/mol. The summed E-state index contributed by atoms with van der Waals surface area (Å²) in [6, 6.07) is 5.43. The van der Waals surface area contributed by atoms with Gasteiger partial charge in [0.1, 0.15) is 17.1 Å². The van der Waals surface area contributed by atoms with Crippen LogP contribution < -0.4 is 10.6 Å². The summed E-state index contributed by atoms with van der Waals surface area (Å²) in [7, 11) is 0. The summed E-state index contributed by atoms with van der Waals surface area (Å²) in [4.78, 5) is 33.2. The normalized spacial score (nSPS) is 17.1. The quantitative estimate of drug-likeness (QED) is 0.492. The third-order valence-electron chi connectivity index (χ3n) is 6.13. The third-order valence-corrected chi connectivity index (χ3v) is 6.13. The number of fused-ring (bicyclic) bond motifs is 1. The number of nitrogens with one attached hydrogen (secondary N) is 2. The lowest BCUT2D eigenvalue weighted by Crippen LogP contribution is -2.59. The van der Waals surface area contributed by atoms with Crippen LogP contribution in [-0.4, -0.2) is 50.5 Å². The molecule has 35 heavy (non-hydrogen) atoms. The highest BCUT2D eigenvalue weighted by atomic mass is 19.1. The Labute approximate surface area is 202 Å². The summed E-state index contributed by atoms with van der Waals surface area (Å²) in [5.41, 5.74) is 1.36. The molecular formula is C25H29FN6O3. The summed E-state index contributed by atoms with van der Waals surface area (Å²) in [5, 5.41) is 5.79. The van der Waals surface area contributed by atoms with Crippen LogP contribution in [0, 0.1) is 0 Å². The van der Waals surface area contributed by atoms with Crippen molar-refractivity contribution in [1.29, 1.82) is 0 Å². The van der Waals surface area contributed by atoms with Gasteiger partial charge in [-0.25, -0.2) is 19.2 Å². The van der Waals surface area contributed by atoms with Crippen molar-refractivity contribution in [2.75, 3.05) is 23.7 Å². The van der Waals surface area contributed by atoms with Gasteiger partial charge in [-0.1, -0.05) is 0 Å². The maximum absolute atomic E-state index is 16.1. The summed E-state index contributed by atoms with van der Waals surface area (Å²) >= 11 is 0. The van der Waals surface area contributed by atoms with E-state index in [1.54, 1.807) is 39.1 Å². The van der Waals surface area contributed by atoms with Crippen LogP contribution >= 0.6 is 0 Å². The second-order valence-corrected chi connectivity index (χ2v) is 10.3. The molecule has 2 N–H and O–H groups in total. The molecule has 3 aromatic rings. The van der Waals surface area contributed by atoms with Crippen molar-refractivity contribution in [1.82, 2.24) is 19.3 Å². The van der Waals surface area contributed by atoms with Crippen molar-refractivity contribution >= 4 is 29.7 Å². The molecule has 0 radical (unpaired) electrons. The maximum Gasteiger partial charge on any atom is 0.410 e. The molecule has 0 aromatic carbocycles. The lowest BCUT2D eigenvalue weighted by molar-refractivity contribution is -0.105. The number of anilines is 2. The topological polar surface area (TPSA) is 101 Å². The SMILES string of the molecule is CC(C)(C)OC(=O)N1CC(F)(c2cc(C3CC3)cn3cc(CNc4ccnc(NC=O)c4)nc23)C1. The minimum atomic E-state index is -1.68. The van der Waals surface area contributed by atoms with E-state index < -0.39 is 17.4 Å². The van der Waals surface area contributed by atoms with Crippen molar-refractivity contribution in [3.63, 3.8) is 0 Å². The van der Waals surface area contributed by atoms with Gasteiger partial charge in [-0.05, 0) is 57.2 Å². The van der Waals surface area contributed by atoms with E-state index in [9.17, 15) is 9.59 Å². The van der Waals surface area contributed by atoms with Gasteiger partial charge in [0.2, 0.25) is 6.41 Å². The molecule has 9 nitrogen and oxygen atoms in total. The van der Waals surface area contributed by atoms with Crippen LogP contribution in [0.4, 0.5) is 20.7 Å². The van der Waals surface area contributed by atoms with Crippen molar-refractivity contribution in [3.8, 4) is 0 Å². The first-order chi connectivity index (χ1) is 16.6. The summed E-state index contributed by atoms with van der Waals surface area (Å²) in [6.45, 7) is 5.67. The molecule has 2 fully saturated rings. The number of likely N-dealkylation sites (tertiary alicyclic amines) is 1. The fraction of sp³-hybridized carbons (Fsp3) is 0.440. The van der Waals surface area contributed by atoms with Crippen LogP contribution in [0.15, 0.2) is 36.8 Å². The van der Waals surface area contributed by atoms with E-state index in [4.69, 9.17) is 9.72 Å². The molecule has 1 saturated carbocycles. The van der Waals surface area contributed by atoms with Crippen molar-refractivity contribution in [2.45, 2.75) is 57.3 Å². The van der Waals surface area contributed by atoms with Gasteiger partial charge in [0.15, 0.2) is 5.67 Å². The summed E-state index contributed by atoms with van der Waals surface area (Å²) in [5.74, 6) is 0.878. The van der Waals surface area contributed by atoms with Crippen molar-refractivity contribution < 1.29 is 18.7 Å². The molecule has 184 valence electrons. The molecule has 10 heteroatoms. The van der Waals surface area contributed by atoms with Crippen LogP contribution in [-0.2, 0) is 21.7 Å². The predicted octanol–water partition coefficient (Wildman–Crippen LogP) is 4.20. The first-order valence-corrected chi connectivity index (χ1v) is 11.7. The Bertz CT molecular complexity index is 1270. The van der Waals surface area contributed by atoms with E-state index in [1.165, 1.54) is 4.90 Å². The molecule has 1 saturated heterocycles. The second-order valence-electron chi connectivity index (χ2n) is 10.3. The number of imidazole rings is 1. The summed E-state index contributed by atoms with van der Waals surface area (Å²) in [6.07, 6.45) is 7.78. The number of carbonyl (C=O) groups is 2. The molecule has 5 rings (SSSR count). The second kappa shape index (κ2) is 8.51. The smallest absolute Gasteiger partial charge is 0.410 e. The lowest BCUT2D eigenvalue weighted by Gasteiger charge is -2.44. The fourth-order valence-corrected chi connectivity index (χ4v) is 4.28. The van der Waals surface area contributed by atoms with Crippen LogP contribution in [0.3, 0.4) is 0 Å². The number of ether oxygens (including phenoxy) is 1. The number of pyridine rings is 2. The first kappa shape index (κ1) is 23.1. The Morgan fingerprint density at radius 2 is 2.06 bits per heavy atom. The van der Waals surface area contributed by atoms with E-state index in [1.807, 2.05) is 22.9 Å². The number of hydrogen-bond donors (Lipinski definition) is 2. The van der Waals surface area contributed by atoms with Gasteiger partial charge in [0.25, 0.3) is 0 Å². The lowest BCUT2D eigenvalue weighted by atomic mass is 9.87. The number of carbonyl (C=O) groups excluding carboxylic acids is 2. The standard InChI is InChI=1S/C25H29FN6O3/c1-24(2,3)35-23(34)32-13-25(26,14-32)20-8-17(16-4-5-16)11-31-12-19(30-22(20)31)10-28-18-6-7-27-21(9-18)29-15-33/h6-9,11-12,15-16H,4-5,10,13-14H2,1-3H3,(H2,27,28,29,33). The van der Waals surface area contributed by atoms with E-state index in [0.29, 0.717) is 35.9 Å². The number of amides is 2. The molecule has 1 aliphatic heterocycles. The van der Waals surface area contributed by atoms with Gasteiger partial charge >= 0.3 is 6.09 Å². The molecule has 1 aliphatic carbocycles. The number of rotatable bonds is 7. The molecule has 0 unspecified atom stereocenters. The molecule has 4 heterocycles. The number of halogens is 1. The van der Waals surface area contributed by atoms with E-state index in [2.05, 4.69) is 15.6 Å². The number of alkyl halides is 1. The Balaban J connectivity index is 1.38. The molecule has 3 aromatic heterocycles. The number of nitrogens with zero attached hydrogens (tertiary/aromatic N) is 4. The zero-order valence-electron chi connectivity index (χ0n) is 20.0. The van der Waals surface area contributed by atoms with Crippen molar-refractivity contribution in [2.24, 2.45) is 0 Å². The van der Waals surface area contributed by atoms with Crippen LogP contribution in [0.5, 0.6) is 0 Å². The minimum absolute atomic E-state index is 0.0599. The van der Waals surface area contributed by atoms with Gasteiger partial charge in [-0.15, -0.1) is 0 Å². The molecule has 0 atom stereocenters. The summed E-state index contributed by atoms with van der Waals surface area (Å²) < 4.78 is 23.4. The molecular weight excluding hydrogens is 451 g/mol. The fourth-order valence-electron chi connectivity index (χ4n) is 4.28. The molecule has 0 bridgehead atoms. The van der Waals surface area contributed by atoms with E-state index in [-0.39, 0.29) is 13.1 Å². The van der Waals surface area contributed by atoms with Gasteiger partial charge in [-0.2, -0.15) is 0 Å². The van der Waals surface area contributed by atoms with E-state index >= 15 is 4.39 Å². The highest BCUT2D eigenvalue weighted by Crippen LogP contribution is 2.44. The van der Waals surface area contributed by atoms with Crippen molar-refractivity contribution in [3.05, 3.63) is 53.6 Å². The highest BCUT2D eigenvalue weighted by molar-refractivity contribution is 5.71. The zero-order chi connectivity index (χ0) is 24.8. The first-order valence-electron chi connectivity index (χ1n) is 11.7. The molecule has 2 amide bonds. The largest absolute Gasteiger partial charge is 0.444 e. The van der Waals surface area contributed by atoms with Gasteiger partial charge in [-0.3, -0.25) is 4.79 Å². The monoisotopic (exact) mass is 480 g/mol. The Morgan fingerprint density at radius 3 is 2.74 bits per heavy atom. The van der Waals surface area contributed by atoms with Crippen LogP contribution in [0.1, 0.15) is 56.4 Å². The van der Waals surface area contributed by atoms with Gasteiger partial charge < -0.3 is 24.7 Å². The third kappa shape index (κ3) is 4.91. The van der Waals surface area contributed by atoms with Crippen LogP contribution in [0.25, 0.3) is 5.65 Å². The molecule has 2 aliphatic rings. The molecule has 0 spiro atoms. The number of aromatic nitrogens is 3. The highest BCUT2D eigenvalue weighted by Gasteiger charge is 2.50. The zero-order valence-corrected chi connectivity index (χ0v) is 20.0. The Hall–Kier alpha value is -3.69. The maximum atomic E-state index is 16.1. The minimum Gasteiger partial charge on any atom is -0.444 e. The Kier molecular flexibility index (Phi) is 5.61. The van der Waals surface area contributed by atoms with Gasteiger partial charge in [0.05, 0.1) is 25.3 Å². The Morgan fingerprint density at radius 1 is 1.29 bits per heavy atom. The number of hydrogen-bond acceptors (Lipinski definition) is 6. The van der Waals surface area contributed by atoms with Gasteiger partial charge in [0, 0.05) is 35.9 Å².